The summed E-state index contributed by atoms with van der Waals surface area (Å²) in [5.41, 5.74) is 7.28. The number of ether oxygens (including phenoxy) is 1. The van der Waals surface area contributed by atoms with Crippen LogP contribution in [0.5, 0.6) is 5.75 Å². The second kappa shape index (κ2) is 5.51. The molecule has 0 aliphatic carbocycles. The van der Waals surface area contributed by atoms with Crippen LogP contribution in [0.25, 0.3) is 0 Å². The van der Waals surface area contributed by atoms with Crippen LogP contribution in [0.1, 0.15) is 25.3 Å². The molecule has 1 fully saturated rings. The van der Waals surface area contributed by atoms with E-state index in [-0.39, 0.29) is 0 Å². The molecular weight excluding hydrogens is 236 g/mol. The highest BCUT2D eigenvalue weighted by Gasteiger charge is 2.30. The van der Waals surface area contributed by atoms with Crippen molar-refractivity contribution in [3.05, 3.63) is 29.8 Å². The fourth-order valence-electron chi connectivity index (χ4n) is 3.40. The van der Waals surface area contributed by atoms with Crippen LogP contribution in [0.2, 0.25) is 0 Å². The van der Waals surface area contributed by atoms with Gasteiger partial charge in [-0.3, -0.25) is 4.90 Å². The Hall–Kier alpha value is -1.06. The third kappa shape index (κ3) is 2.77. The van der Waals surface area contributed by atoms with Gasteiger partial charge < -0.3 is 10.5 Å². The fraction of sp³-hybridized carbons (Fsp3) is 0.625. The van der Waals surface area contributed by atoms with E-state index in [9.17, 15) is 0 Å². The first-order chi connectivity index (χ1) is 9.26. The average molecular weight is 260 g/mol. The van der Waals surface area contributed by atoms with Gasteiger partial charge in [0.1, 0.15) is 11.9 Å². The third-order valence-electron chi connectivity index (χ3n) is 4.52. The van der Waals surface area contributed by atoms with Crippen LogP contribution in [0.4, 0.5) is 0 Å². The summed E-state index contributed by atoms with van der Waals surface area (Å²) in [5.74, 6) is 1.88. The summed E-state index contributed by atoms with van der Waals surface area (Å²) in [7, 11) is 0. The number of likely N-dealkylation sites (tertiary alicyclic amines) is 1. The summed E-state index contributed by atoms with van der Waals surface area (Å²) < 4.78 is 6.05. The minimum atomic E-state index is 0.305. The SMILES string of the molecule is CC1CCN(CC2Cc3ccccc3O2)C(CN)C1. The normalized spacial score (nSPS) is 30.9. The molecule has 2 heterocycles. The lowest BCUT2D eigenvalue weighted by molar-refractivity contribution is 0.0762. The molecule has 0 saturated carbocycles. The van der Waals surface area contributed by atoms with Crippen LogP contribution in [-0.4, -0.2) is 36.7 Å². The summed E-state index contributed by atoms with van der Waals surface area (Å²) in [6.45, 7) is 5.29. The number of hydrogen-bond acceptors (Lipinski definition) is 3. The summed E-state index contributed by atoms with van der Waals surface area (Å²) in [6.07, 6.45) is 3.87. The molecule has 3 atom stereocenters. The van der Waals surface area contributed by atoms with Gasteiger partial charge in [-0.1, -0.05) is 25.1 Å². The quantitative estimate of drug-likeness (QED) is 0.904. The Labute approximate surface area is 115 Å². The minimum Gasteiger partial charge on any atom is -0.488 e. The number of nitrogens with zero attached hydrogens (tertiary/aromatic N) is 1. The Bertz CT molecular complexity index is 410. The van der Waals surface area contributed by atoms with Gasteiger partial charge >= 0.3 is 0 Å². The van der Waals surface area contributed by atoms with Gasteiger partial charge in [0.05, 0.1) is 0 Å². The summed E-state index contributed by atoms with van der Waals surface area (Å²) >= 11 is 0. The zero-order chi connectivity index (χ0) is 13.2. The Morgan fingerprint density at radius 3 is 3.00 bits per heavy atom. The van der Waals surface area contributed by atoms with Gasteiger partial charge in [-0.25, -0.2) is 0 Å². The first-order valence-electron chi connectivity index (χ1n) is 7.45. The Balaban J connectivity index is 1.61. The predicted octanol–water partition coefficient (Wildman–Crippen LogP) is 2.05. The molecule has 104 valence electrons. The fourth-order valence-corrected chi connectivity index (χ4v) is 3.40. The van der Waals surface area contributed by atoms with E-state index in [1.165, 1.54) is 24.9 Å². The maximum absolute atomic E-state index is 6.05. The van der Waals surface area contributed by atoms with E-state index in [2.05, 4.69) is 30.0 Å². The van der Waals surface area contributed by atoms with Crippen molar-refractivity contribution in [1.29, 1.82) is 0 Å². The number of nitrogens with two attached hydrogens (primary N) is 1. The average Bonchev–Trinajstić information content (AvgIpc) is 2.83. The van der Waals surface area contributed by atoms with Crippen LogP contribution < -0.4 is 10.5 Å². The van der Waals surface area contributed by atoms with Gasteiger partial charge in [0.25, 0.3) is 0 Å². The maximum atomic E-state index is 6.05. The number of hydrogen-bond donors (Lipinski definition) is 1. The van der Waals surface area contributed by atoms with E-state index < -0.39 is 0 Å². The standard InChI is InChI=1S/C16H24N2O/c1-12-6-7-18(14(8-12)10-17)11-15-9-13-4-2-3-5-16(13)19-15/h2-5,12,14-15H,6-11,17H2,1H3. The molecule has 3 heteroatoms. The monoisotopic (exact) mass is 260 g/mol. The highest BCUT2D eigenvalue weighted by atomic mass is 16.5. The predicted molar refractivity (Wildman–Crippen MR) is 77.4 cm³/mol. The van der Waals surface area contributed by atoms with Gasteiger partial charge in [-0.2, -0.15) is 0 Å². The summed E-state index contributed by atoms with van der Waals surface area (Å²) in [6, 6.07) is 8.93. The van der Waals surface area contributed by atoms with E-state index in [1.54, 1.807) is 0 Å². The molecule has 1 aromatic rings. The first kappa shape index (κ1) is 12.9. The molecule has 2 aliphatic rings. The van der Waals surface area contributed by atoms with Crippen LogP contribution >= 0.6 is 0 Å². The molecule has 2 N–H and O–H groups in total. The van der Waals surface area contributed by atoms with Crippen molar-refractivity contribution in [3.8, 4) is 5.75 Å². The smallest absolute Gasteiger partial charge is 0.123 e. The molecule has 0 radical (unpaired) electrons. The van der Waals surface area contributed by atoms with Gasteiger partial charge in [-0.15, -0.1) is 0 Å². The largest absolute Gasteiger partial charge is 0.488 e. The van der Waals surface area contributed by atoms with Crippen LogP contribution in [0, 0.1) is 5.92 Å². The second-order valence-electron chi connectivity index (χ2n) is 6.07. The number of benzene rings is 1. The minimum absolute atomic E-state index is 0.305. The zero-order valence-electron chi connectivity index (χ0n) is 11.7. The summed E-state index contributed by atoms with van der Waals surface area (Å²) in [4.78, 5) is 2.54. The number of fused-ring (bicyclic) bond motifs is 1. The Morgan fingerprint density at radius 1 is 1.37 bits per heavy atom. The Morgan fingerprint density at radius 2 is 2.21 bits per heavy atom. The van der Waals surface area contributed by atoms with Crippen LogP contribution in [0.3, 0.4) is 0 Å². The summed E-state index contributed by atoms with van der Waals surface area (Å²) in [5, 5.41) is 0. The van der Waals surface area contributed by atoms with Crippen molar-refractivity contribution in [2.24, 2.45) is 11.7 Å². The molecule has 2 aliphatic heterocycles. The number of piperidine rings is 1. The third-order valence-corrected chi connectivity index (χ3v) is 4.52. The van der Waals surface area contributed by atoms with E-state index in [1.807, 2.05) is 6.07 Å². The van der Waals surface area contributed by atoms with Crippen molar-refractivity contribution < 1.29 is 4.74 Å². The molecule has 3 rings (SSSR count). The molecule has 0 aromatic heterocycles. The van der Waals surface area contributed by atoms with Crippen molar-refractivity contribution in [2.75, 3.05) is 19.6 Å². The van der Waals surface area contributed by atoms with Crippen molar-refractivity contribution in [2.45, 2.75) is 38.3 Å². The first-order valence-corrected chi connectivity index (χ1v) is 7.45. The van der Waals surface area contributed by atoms with Gasteiger partial charge in [0.2, 0.25) is 0 Å². The second-order valence-corrected chi connectivity index (χ2v) is 6.07. The van der Waals surface area contributed by atoms with Crippen molar-refractivity contribution >= 4 is 0 Å². The van der Waals surface area contributed by atoms with Gasteiger partial charge in [0, 0.05) is 25.6 Å². The molecule has 0 bridgehead atoms. The van der Waals surface area contributed by atoms with Crippen molar-refractivity contribution in [1.82, 2.24) is 4.90 Å². The lowest BCUT2D eigenvalue weighted by atomic mass is 9.92. The lowest BCUT2D eigenvalue weighted by Gasteiger charge is -2.39. The van der Waals surface area contributed by atoms with Crippen LogP contribution in [-0.2, 0) is 6.42 Å². The number of rotatable bonds is 3. The molecule has 1 aromatic carbocycles. The Kier molecular flexibility index (Phi) is 3.76. The molecule has 0 amide bonds. The van der Waals surface area contributed by atoms with Gasteiger partial charge in [0.15, 0.2) is 0 Å². The molecule has 3 unspecified atom stereocenters. The molecule has 0 spiro atoms. The molecular formula is C16H24N2O. The molecule has 1 saturated heterocycles. The van der Waals surface area contributed by atoms with Gasteiger partial charge in [-0.05, 0) is 36.9 Å². The molecule has 3 nitrogen and oxygen atoms in total. The topological polar surface area (TPSA) is 38.5 Å². The maximum Gasteiger partial charge on any atom is 0.123 e. The number of para-hydroxylation sites is 1. The van der Waals surface area contributed by atoms with E-state index in [0.29, 0.717) is 12.1 Å². The lowest BCUT2D eigenvalue weighted by Crippen LogP contribution is -2.49. The highest BCUT2D eigenvalue weighted by molar-refractivity contribution is 5.37. The molecule has 19 heavy (non-hydrogen) atoms. The van der Waals surface area contributed by atoms with E-state index in [4.69, 9.17) is 10.5 Å². The highest BCUT2D eigenvalue weighted by Crippen LogP contribution is 2.30. The zero-order valence-corrected chi connectivity index (χ0v) is 11.7. The van der Waals surface area contributed by atoms with E-state index >= 15 is 0 Å². The van der Waals surface area contributed by atoms with Crippen LogP contribution in [0.15, 0.2) is 24.3 Å². The van der Waals surface area contributed by atoms with Crippen molar-refractivity contribution in [3.63, 3.8) is 0 Å². The van der Waals surface area contributed by atoms with E-state index in [0.717, 1.165) is 31.2 Å².